The van der Waals surface area contributed by atoms with Crippen molar-refractivity contribution in [2.24, 2.45) is 0 Å². The summed E-state index contributed by atoms with van der Waals surface area (Å²) < 4.78 is 5.71. The van der Waals surface area contributed by atoms with Gasteiger partial charge in [-0.3, -0.25) is 0 Å². The molecular formula is C17H19NO. The molecule has 1 aliphatic heterocycles. The van der Waals surface area contributed by atoms with Crippen LogP contribution in [0.1, 0.15) is 18.1 Å². The van der Waals surface area contributed by atoms with Gasteiger partial charge in [0.1, 0.15) is 12.4 Å². The summed E-state index contributed by atoms with van der Waals surface area (Å²) in [5.41, 5.74) is 6.18. The second-order valence-corrected chi connectivity index (χ2v) is 5.44. The number of hydrogen-bond acceptors (Lipinski definition) is 2. The lowest BCUT2D eigenvalue weighted by molar-refractivity contribution is 0.292. The summed E-state index contributed by atoms with van der Waals surface area (Å²) in [6.07, 6.45) is 0. The van der Waals surface area contributed by atoms with Crippen LogP contribution >= 0.6 is 0 Å². The average molecular weight is 253 g/mol. The zero-order valence-electron chi connectivity index (χ0n) is 11.7. The molecule has 0 saturated heterocycles. The van der Waals surface area contributed by atoms with Crippen molar-refractivity contribution in [2.75, 3.05) is 11.9 Å². The van der Waals surface area contributed by atoms with E-state index < -0.39 is 0 Å². The first-order valence-electron chi connectivity index (χ1n) is 6.74. The Bertz CT molecular complexity index is 598. The quantitative estimate of drug-likeness (QED) is 0.823. The summed E-state index contributed by atoms with van der Waals surface area (Å²) in [6, 6.07) is 13.4. The molecule has 98 valence electrons. The van der Waals surface area contributed by atoms with Crippen LogP contribution < -0.4 is 10.1 Å². The number of hydrogen-bond donors (Lipinski definition) is 1. The number of aryl methyl sites for hydroxylation is 2. The molecule has 2 nitrogen and oxygen atoms in total. The fraction of sp³-hybridized carbons (Fsp3) is 0.294. The molecule has 0 spiro atoms. The molecular weight excluding hydrogens is 234 g/mol. The molecule has 2 heteroatoms. The van der Waals surface area contributed by atoms with Crippen molar-refractivity contribution in [1.29, 1.82) is 0 Å². The number of benzene rings is 2. The number of nitrogens with one attached hydrogen (secondary N) is 1. The molecule has 0 radical (unpaired) electrons. The van der Waals surface area contributed by atoms with Crippen molar-refractivity contribution >= 4 is 5.69 Å². The lowest BCUT2D eigenvalue weighted by Gasteiger charge is -2.25. The molecule has 3 rings (SSSR count). The van der Waals surface area contributed by atoms with Crippen LogP contribution in [-0.2, 0) is 0 Å². The lowest BCUT2D eigenvalue weighted by Crippen LogP contribution is -2.28. The average Bonchev–Trinajstić information content (AvgIpc) is 2.36. The maximum atomic E-state index is 5.71. The Hall–Kier alpha value is -1.96. The minimum Gasteiger partial charge on any atom is -0.489 e. The maximum absolute atomic E-state index is 5.71. The van der Waals surface area contributed by atoms with Gasteiger partial charge in [0.25, 0.3) is 0 Å². The van der Waals surface area contributed by atoms with Gasteiger partial charge in [0, 0.05) is 0 Å². The van der Waals surface area contributed by atoms with Crippen LogP contribution in [0.2, 0.25) is 0 Å². The van der Waals surface area contributed by atoms with Gasteiger partial charge in [0.15, 0.2) is 0 Å². The summed E-state index contributed by atoms with van der Waals surface area (Å²) >= 11 is 0. The monoisotopic (exact) mass is 253 g/mol. The highest BCUT2D eigenvalue weighted by atomic mass is 16.5. The zero-order valence-corrected chi connectivity index (χ0v) is 11.7. The smallest absolute Gasteiger partial charge is 0.142 e. The summed E-state index contributed by atoms with van der Waals surface area (Å²) in [6.45, 7) is 7.14. The lowest BCUT2D eigenvalue weighted by atomic mass is 10.00. The second-order valence-electron chi connectivity index (χ2n) is 5.44. The molecule has 19 heavy (non-hydrogen) atoms. The van der Waals surface area contributed by atoms with Crippen molar-refractivity contribution in [3.8, 4) is 16.9 Å². The normalized spacial score (nSPS) is 17.3. The molecule has 1 N–H and O–H groups in total. The highest BCUT2D eigenvalue weighted by molar-refractivity contribution is 5.73. The first kappa shape index (κ1) is 12.1. The van der Waals surface area contributed by atoms with Gasteiger partial charge in [-0.2, -0.15) is 0 Å². The Morgan fingerprint density at radius 3 is 2.47 bits per heavy atom. The molecule has 0 saturated carbocycles. The van der Waals surface area contributed by atoms with Crippen LogP contribution in [0.25, 0.3) is 11.1 Å². The van der Waals surface area contributed by atoms with E-state index in [-0.39, 0.29) is 0 Å². The fourth-order valence-corrected chi connectivity index (χ4v) is 2.61. The summed E-state index contributed by atoms with van der Waals surface area (Å²) in [5.74, 6) is 0.950. The van der Waals surface area contributed by atoms with E-state index in [0.29, 0.717) is 6.04 Å². The van der Waals surface area contributed by atoms with E-state index in [1.165, 1.54) is 22.3 Å². The van der Waals surface area contributed by atoms with Crippen molar-refractivity contribution in [2.45, 2.75) is 26.8 Å². The molecule has 2 aromatic rings. The molecule has 0 bridgehead atoms. The van der Waals surface area contributed by atoms with Crippen LogP contribution in [0.4, 0.5) is 5.69 Å². The summed E-state index contributed by atoms with van der Waals surface area (Å²) in [7, 11) is 0. The van der Waals surface area contributed by atoms with Gasteiger partial charge in [0.05, 0.1) is 11.7 Å². The van der Waals surface area contributed by atoms with Crippen molar-refractivity contribution in [3.05, 3.63) is 47.5 Å². The molecule has 1 atom stereocenters. The molecule has 0 aromatic heterocycles. The van der Waals surface area contributed by atoms with Crippen molar-refractivity contribution in [3.63, 3.8) is 0 Å². The van der Waals surface area contributed by atoms with Gasteiger partial charge >= 0.3 is 0 Å². The van der Waals surface area contributed by atoms with Gasteiger partial charge in [-0.1, -0.05) is 35.4 Å². The van der Waals surface area contributed by atoms with E-state index in [2.05, 4.69) is 62.5 Å². The van der Waals surface area contributed by atoms with E-state index in [1.807, 2.05) is 0 Å². The third-order valence-electron chi connectivity index (χ3n) is 3.43. The van der Waals surface area contributed by atoms with Gasteiger partial charge in [-0.25, -0.2) is 0 Å². The minimum atomic E-state index is 0.363. The van der Waals surface area contributed by atoms with Gasteiger partial charge in [0.2, 0.25) is 0 Å². The third-order valence-corrected chi connectivity index (χ3v) is 3.43. The van der Waals surface area contributed by atoms with Gasteiger partial charge < -0.3 is 10.1 Å². The molecule has 0 fully saturated rings. The van der Waals surface area contributed by atoms with Gasteiger partial charge in [-0.15, -0.1) is 0 Å². The van der Waals surface area contributed by atoms with Crippen LogP contribution in [0.15, 0.2) is 36.4 Å². The number of ether oxygens (including phenoxy) is 1. The Labute approximate surface area is 114 Å². The number of fused-ring (bicyclic) bond motifs is 1. The highest BCUT2D eigenvalue weighted by Crippen LogP contribution is 2.34. The third kappa shape index (κ3) is 2.43. The summed E-state index contributed by atoms with van der Waals surface area (Å²) in [5, 5.41) is 3.47. The zero-order chi connectivity index (χ0) is 13.4. The topological polar surface area (TPSA) is 21.3 Å². The van der Waals surface area contributed by atoms with E-state index >= 15 is 0 Å². The molecule has 1 aliphatic rings. The SMILES string of the molecule is Cc1cc(C)cc(-c2ccc3c(c2)NC(C)CO3)c1. The minimum absolute atomic E-state index is 0.363. The highest BCUT2D eigenvalue weighted by Gasteiger charge is 2.15. The Morgan fingerprint density at radius 1 is 1.00 bits per heavy atom. The van der Waals surface area contributed by atoms with E-state index in [4.69, 9.17) is 4.74 Å². The molecule has 0 amide bonds. The molecule has 1 heterocycles. The largest absolute Gasteiger partial charge is 0.489 e. The van der Waals surface area contributed by atoms with E-state index in [0.717, 1.165) is 18.0 Å². The van der Waals surface area contributed by atoms with Crippen LogP contribution in [-0.4, -0.2) is 12.6 Å². The second kappa shape index (κ2) is 4.61. The fourth-order valence-electron chi connectivity index (χ4n) is 2.61. The standard InChI is InChI=1S/C17H19NO/c1-11-6-12(2)8-15(7-11)14-4-5-17-16(9-14)18-13(3)10-19-17/h4-9,13,18H,10H2,1-3H3. The Kier molecular flexibility index (Phi) is 2.94. The number of rotatable bonds is 1. The number of anilines is 1. The van der Waals surface area contributed by atoms with Crippen molar-refractivity contribution in [1.82, 2.24) is 0 Å². The van der Waals surface area contributed by atoms with E-state index in [9.17, 15) is 0 Å². The van der Waals surface area contributed by atoms with E-state index in [1.54, 1.807) is 0 Å². The van der Waals surface area contributed by atoms with Crippen LogP contribution in [0.3, 0.4) is 0 Å². The van der Waals surface area contributed by atoms with Crippen molar-refractivity contribution < 1.29 is 4.74 Å². The van der Waals surface area contributed by atoms with Gasteiger partial charge in [-0.05, 0) is 44.0 Å². The Balaban J connectivity index is 2.04. The molecule has 2 aromatic carbocycles. The maximum Gasteiger partial charge on any atom is 0.142 e. The molecule has 1 unspecified atom stereocenters. The molecule has 0 aliphatic carbocycles. The van der Waals surface area contributed by atoms with Crippen LogP contribution in [0.5, 0.6) is 5.75 Å². The first-order chi connectivity index (χ1) is 9.11. The van der Waals surface area contributed by atoms with Crippen LogP contribution in [0, 0.1) is 13.8 Å². The Morgan fingerprint density at radius 2 is 1.74 bits per heavy atom. The predicted molar refractivity (Wildman–Crippen MR) is 79.9 cm³/mol. The summed E-state index contributed by atoms with van der Waals surface area (Å²) in [4.78, 5) is 0. The predicted octanol–water partition coefficient (Wildman–Crippen LogP) is 4.16. The first-order valence-corrected chi connectivity index (χ1v) is 6.74.